The van der Waals surface area contributed by atoms with Crippen LogP contribution in [-0.2, 0) is 65.4 Å². The summed E-state index contributed by atoms with van der Waals surface area (Å²) in [6.45, 7) is 7.10. The number of esters is 4. The van der Waals surface area contributed by atoms with Gasteiger partial charge in [0, 0.05) is 25.7 Å². The second-order valence-electron chi connectivity index (χ2n) is 25.0. The molecule has 0 aromatic carbocycles. The Morgan fingerprint density at radius 2 is 0.529 bits per heavy atom. The van der Waals surface area contributed by atoms with E-state index in [1.165, 1.54) is 161 Å². The average molecular weight is 1280 g/mol. The van der Waals surface area contributed by atoms with Gasteiger partial charge in [-0.2, -0.15) is 0 Å². The molecule has 0 aliphatic heterocycles. The van der Waals surface area contributed by atoms with Crippen LogP contribution >= 0.6 is 15.6 Å². The van der Waals surface area contributed by atoms with Crippen molar-refractivity contribution in [3.05, 3.63) is 0 Å². The van der Waals surface area contributed by atoms with Gasteiger partial charge in [0.1, 0.15) is 19.3 Å². The van der Waals surface area contributed by atoms with Crippen molar-refractivity contribution in [3.8, 4) is 0 Å². The molecule has 0 bridgehead atoms. The van der Waals surface area contributed by atoms with E-state index in [0.29, 0.717) is 31.6 Å². The molecule has 2 unspecified atom stereocenters. The number of hydrogen-bond donors (Lipinski definition) is 3. The van der Waals surface area contributed by atoms with E-state index >= 15 is 0 Å². The van der Waals surface area contributed by atoms with E-state index in [-0.39, 0.29) is 25.7 Å². The normalized spacial score (nSPS) is 14.1. The van der Waals surface area contributed by atoms with Crippen molar-refractivity contribution in [2.24, 2.45) is 5.92 Å². The van der Waals surface area contributed by atoms with Crippen molar-refractivity contribution in [3.63, 3.8) is 0 Å². The summed E-state index contributed by atoms with van der Waals surface area (Å²) in [5, 5.41) is 10.5. The highest BCUT2D eigenvalue weighted by Crippen LogP contribution is 2.45. The van der Waals surface area contributed by atoms with Crippen LogP contribution in [0.25, 0.3) is 0 Å². The fourth-order valence-corrected chi connectivity index (χ4v) is 11.9. The van der Waals surface area contributed by atoms with E-state index in [0.717, 1.165) is 103 Å². The molecule has 516 valence electrons. The number of aliphatic hydroxyl groups is 1. The largest absolute Gasteiger partial charge is 0.472 e. The minimum Gasteiger partial charge on any atom is -0.462 e. The van der Waals surface area contributed by atoms with Crippen molar-refractivity contribution in [1.82, 2.24) is 0 Å². The van der Waals surface area contributed by atoms with Gasteiger partial charge in [-0.3, -0.25) is 37.3 Å². The topological polar surface area (TPSA) is 237 Å². The molecule has 0 rings (SSSR count). The molecule has 19 heteroatoms. The molecule has 0 heterocycles. The number of phosphoric acid groups is 2. The Hall–Kier alpha value is -1.94. The minimum absolute atomic E-state index is 0.102. The summed E-state index contributed by atoms with van der Waals surface area (Å²) in [4.78, 5) is 72.3. The maximum absolute atomic E-state index is 13.0. The van der Waals surface area contributed by atoms with Gasteiger partial charge in [-0.15, -0.1) is 0 Å². The SMILES string of the molecule is CCCCCCCCCCCCCCCCCCC(=O)O[C@H](COC(=O)CCCCCCCCCCCCCCCCC)COP(=O)(O)OC[C@@H](O)COP(=O)(O)OC[C@@H](COC(=O)CCCCCCCCC)OC(=O)CCCCCCCCC(C)C. The van der Waals surface area contributed by atoms with E-state index in [2.05, 4.69) is 34.6 Å². The zero-order valence-corrected chi connectivity index (χ0v) is 57.9. The first kappa shape index (κ1) is 85.1. The molecular formula is C68H132O17P2. The molecule has 0 aromatic rings. The first-order valence-corrected chi connectivity index (χ1v) is 38.6. The maximum atomic E-state index is 13.0. The van der Waals surface area contributed by atoms with E-state index in [1.807, 2.05) is 0 Å². The number of rotatable bonds is 68. The number of phosphoric ester groups is 2. The molecule has 0 radical (unpaired) electrons. The number of ether oxygens (including phenoxy) is 4. The standard InChI is InChI=1S/C68H132O17P2/c1-6-9-12-15-18-20-22-24-26-28-30-32-34-37-43-48-53-67(72)84-63(58-79-66(71)52-47-42-36-33-31-29-27-25-23-21-19-16-13-10-7-2)59-82-86(74,75)80-55-62(69)56-81-87(76,77)83-60-64(57-78-65(70)51-46-41-35-17-14-11-8-3)85-68(73)54-49-44-39-38-40-45-50-61(4)5/h61-64,69H,6-60H2,1-5H3,(H,74,75)(H,76,77)/t62-,63-,64-/m1/s1. The Morgan fingerprint density at radius 3 is 0.782 bits per heavy atom. The van der Waals surface area contributed by atoms with Gasteiger partial charge < -0.3 is 33.8 Å². The fourth-order valence-electron chi connectivity index (χ4n) is 10.3. The Morgan fingerprint density at radius 1 is 0.310 bits per heavy atom. The van der Waals surface area contributed by atoms with Gasteiger partial charge in [0.25, 0.3) is 0 Å². The quantitative estimate of drug-likeness (QED) is 0.0222. The van der Waals surface area contributed by atoms with E-state index in [9.17, 15) is 43.2 Å². The van der Waals surface area contributed by atoms with Gasteiger partial charge in [0.2, 0.25) is 0 Å². The van der Waals surface area contributed by atoms with Crippen LogP contribution in [-0.4, -0.2) is 96.7 Å². The molecule has 3 N–H and O–H groups in total. The zero-order valence-electron chi connectivity index (χ0n) is 56.2. The number of carbonyl (C=O) groups is 4. The van der Waals surface area contributed by atoms with Gasteiger partial charge in [-0.1, -0.05) is 298 Å². The van der Waals surface area contributed by atoms with Crippen molar-refractivity contribution in [2.45, 2.75) is 368 Å². The molecule has 87 heavy (non-hydrogen) atoms. The lowest BCUT2D eigenvalue weighted by Crippen LogP contribution is -2.30. The molecule has 0 aliphatic carbocycles. The summed E-state index contributed by atoms with van der Waals surface area (Å²) in [6, 6.07) is 0. The predicted octanol–water partition coefficient (Wildman–Crippen LogP) is 19.4. The third-order valence-electron chi connectivity index (χ3n) is 15.8. The second kappa shape index (κ2) is 61.6. The third-order valence-corrected chi connectivity index (χ3v) is 17.7. The fraction of sp³-hybridized carbons (Fsp3) is 0.941. The molecule has 0 fully saturated rings. The molecular weight excluding hydrogens is 1150 g/mol. The van der Waals surface area contributed by atoms with E-state index in [1.54, 1.807) is 0 Å². The van der Waals surface area contributed by atoms with Crippen LogP contribution in [0.4, 0.5) is 0 Å². The Kier molecular flexibility index (Phi) is 60.2. The summed E-state index contributed by atoms with van der Waals surface area (Å²) in [5.41, 5.74) is 0. The maximum Gasteiger partial charge on any atom is 0.472 e. The van der Waals surface area contributed by atoms with Gasteiger partial charge >= 0.3 is 39.5 Å². The number of aliphatic hydroxyl groups excluding tert-OH is 1. The second-order valence-corrected chi connectivity index (χ2v) is 27.9. The van der Waals surface area contributed by atoms with Crippen LogP contribution in [0.15, 0.2) is 0 Å². The zero-order chi connectivity index (χ0) is 64.2. The summed E-state index contributed by atoms with van der Waals surface area (Å²) in [7, 11) is -9.89. The Labute approximate surface area is 530 Å². The summed E-state index contributed by atoms with van der Waals surface area (Å²) >= 11 is 0. The van der Waals surface area contributed by atoms with Gasteiger partial charge in [-0.05, 0) is 31.6 Å². The van der Waals surface area contributed by atoms with E-state index in [4.69, 9.17) is 37.0 Å². The van der Waals surface area contributed by atoms with Crippen LogP contribution < -0.4 is 0 Å². The monoisotopic (exact) mass is 1280 g/mol. The predicted molar refractivity (Wildman–Crippen MR) is 349 cm³/mol. The lowest BCUT2D eigenvalue weighted by atomic mass is 10.0. The molecule has 0 aliphatic rings. The van der Waals surface area contributed by atoms with Crippen LogP contribution in [0.3, 0.4) is 0 Å². The first-order valence-electron chi connectivity index (χ1n) is 35.6. The molecule has 0 saturated carbocycles. The van der Waals surface area contributed by atoms with Crippen LogP contribution in [0, 0.1) is 5.92 Å². The highest BCUT2D eigenvalue weighted by Gasteiger charge is 2.30. The molecule has 0 spiro atoms. The van der Waals surface area contributed by atoms with Crippen molar-refractivity contribution in [2.75, 3.05) is 39.6 Å². The lowest BCUT2D eigenvalue weighted by molar-refractivity contribution is -0.161. The summed E-state index contributed by atoms with van der Waals surface area (Å²) < 4.78 is 68.1. The number of hydrogen-bond acceptors (Lipinski definition) is 15. The smallest absolute Gasteiger partial charge is 0.462 e. The lowest BCUT2D eigenvalue weighted by Gasteiger charge is -2.21. The minimum atomic E-state index is -4.95. The molecule has 0 aromatic heterocycles. The summed E-state index contributed by atoms with van der Waals surface area (Å²) in [5.74, 6) is -1.46. The molecule has 0 saturated heterocycles. The third kappa shape index (κ3) is 62.6. The van der Waals surface area contributed by atoms with Crippen LogP contribution in [0.1, 0.15) is 349 Å². The highest BCUT2D eigenvalue weighted by atomic mass is 31.2. The Bertz CT molecular complexity index is 1690. The molecule has 17 nitrogen and oxygen atoms in total. The summed E-state index contributed by atoms with van der Waals surface area (Å²) in [6.07, 6.45) is 47.5. The van der Waals surface area contributed by atoms with Crippen LogP contribution in [0.2, 0.25) is 0 Å². The highest BCUT2D eigenvalue weighted by molar-refractivity contribution is 7.47. The van der Waals surface area contributed by atoms with Gasteiger partial charge in [-0.25, -0.2) is 9.13 Å². The van der Waals surface area contributed by atoms with Gasteiger partial charge in [0.15, 0.2) is 12.2 Å². The van der Waals surface area contributed by atoms with E-state index < -0.39 is 97.5 Å². The molecule has 5 atom stereocenters. The van der Waals surface area contributed by atoms with Crippen molar-refractivity contribution >= 4 is 39.5 Å². The Balaban J connectivity index is 5.19. The van der Waals surface area contributed by atoms with Gasteiger partial charge in [0.05, 0.1) is 26.4 Å². The average Bonchev–Trinajstić information content (AvgIpc) is 3.57. The molecule has 0 amide bonds. The van der Waals surface area contributed by atoms with Crippen molar-refractivity contribution in [1.29, 1.82) is 0 Å². The number of carbonyl (C=O) groups excluding carboxylic acids is 4. The first-order chi connectivity index (χ1) is 42.0. The van der Waals surface area contributed by atoms with Crippen molar-refractivity contribution < 1.29 is 80.2 Å². The van der Waals surface area contributed by atoms with Crippen LogP contribution in [0.5, 0.6) is 0 Å². The number of unbranched alkanes of at least 4 members (excludes halogenated alkanes) is 40.